The second kappa shape index (κ2) is 4.73. The average molecular weight is 338 g/mol. The third-order valence-corrected chi connectivity index (χ3v) is 5.82. The zero-order chi connectivity index (χ0) is 18.3. The highest BCUT2D eigenvalue weighted by molar-refractivity contribution is 5.86. The van der Waals surface area contributed by atoms with Crippen molar-refractivity contribution in [1.29, 1.82) is 0 Å². The van der Waals surface area contributed by atoms with Crippen molar-refractivity contribution in [2.45, 2.75) is 90.8 Å². The summed E-state index contributed by atoms with van der Waals surface area (Å²) in [5, 5.41) is 22.5. The number of hydrogen-bond donors (Lipinski definition) is 2. The number of carbonyl (C=O) groups is 2. The summed E-state index contributed by atoms with van der Waals surface area (Å²) in [6, 6.07) is -1.06. The van der Waals surface area contributed by atoms with Crippen LogP contribution in [-0.2, 0) is 9.59 Å². The second-order valence-electron chi connectivity index (χ2n) is 9.72. The molecule has 3 fully saturated rings. The lowest BCUT2D eigenvalue weighted by Crippen LogP contribution is -2.88. The van der Waals surface area contributed by atoms with E-state index in [2.05, 4.69) is 0 Å². The van der Waals surface area contributed by atoms with Gasteiger partial charge in [-0.15, -0.1) is 0 Å². The molecule has 4 atom stereocenters. The average Bonchev–Trinajstić information content (AvgIpc) is 2.41. The normalized spacial score (nSPS) is 38.7. The molecule has 0 bridgehead atoms. The van der Waals surface area contributed by atoms with Gasteiger partial charge in [0, 0.05) is 10.8 Å². The maximum absolute atomic E-state index is 13.0. The predicted octanol–water partition coefficient (Wildman–Crippen LogP) is 1.45. The van der Waals surface area contributed by atoms with E-state index < -0.39 is 34.4 Å². The summed E-state index contributed by atoms with van der Waals surface area (Å²) in [6.45, 7) is 10.9. The van der Waals surface area contributed by atoms with Crippen molar-refractivity contribution >= 4 is 11.8 Å². The molecule has 1 saturated heterocycles. The molecule has 3 rings (SSSR count). The maximum atomic E-state index is 13.0. The van der Waals surface area contributed by atoms with E-state index >= 15 is 0 Å². The molecular formula is C18H30N2O4. The highest BCUT2D eigenvalue weighted by atomic mass is 16.4. The zero-order valence-corrected chi connectivity index (χ0v) is 15.6. The van der Waals surface area contributed by atoms with Gasteiger partial charge < -0.3 is 20.0 Å². The number of piperazine rings is 1. The number of hydrogen-bond acceptors (Lipinski definition) is 4. The molecule has 2 unspecified atom stereocenters. The quantitative estimate of drug-likeness (QED) is 0.700. The van der Waals surface area contributed by atoms with Crippen molar-refractivity contribution in [3.05, 3.63) is 0 Å². The lowest BCUT2D eigenvalue weighted by Gasteiger charge is -2.71. The van der Waals surface area contributed by atoms with Crippen molar-refractivity contribution in [2.24, 2.45) is 10.8 Å². The molecule has 3 aliphatic rings. The molecule has 2 N–H and O–H groups in total. The first kappa shape index (κ1) is 17.7. The summed E-state index contributed by atoms with van der Waals surface area (Å²) in [5.74, 6) is -0.332. The molecule has 136 valence electrons. The van der Waals surface area contributed by atoms with Crippen LogP contribution >= 0.6 is 0 Å². The SMILES string of the molecule is CC(C)(C)C(=O)N1C2CC[C@]2(O)N(C(=O)C(C)(C)C)C2CC[C@@]21O. The molecule has 0 spiro atoms. The highest BCUT2D eigenvalue weighted by Gasteiger charge is 2.72. The fourth-order valence-electron chi connectivity index (χ4n) is 4.19. The minimum Gasteiger partial charge on any atom is -0.369 e. The third-order valence-electron chi connectivity index (χ3n) is 5.82. The van der Waals surface area contributed by atoms with Crippen LogP contribution in [0.2, 0.25) is 0 Å². The number of amides is 2. The molecule has 0 aromatic heterocycles. The molecule has 0 aromatic rings. The van der Waals surface area contributed by atoms with Crippen molar-refractivity contribution in [2.75, 3.05) is 0 Å². The van der Waals surface area contributed by atoms with Crippen LogP contribution in [0, 0.1) is 10.8 Å². The van der Waals surface area contributed by atoms with Gasteiger partial charge in [0.15, 0.2) is 11.4 Å². The van der Waals surface area contributed by atoms with E-state index in [9.17, 15) is 19.8 Å². The standard InChI is InChI=1S/C18H30N2O4/c1-15(2,3)13(21)19-11-7-10-18(11,24)20(14(22)16(4,5)6)12-8-9-17(12,19)23/h11-12,23-24H,7-10H2,1-6H3/t11?,12?,17-,18-/m1/s1. The summed E-state index contributed by atoms with van der Waals surface area (Å²) in [6.07, 6.45) is 2.09. The number of fused-ring (bicyclic) bond motifs is 2. The van der Waals surface area contributed by atoms with Crippen LogP contribution in [0.1, 0.15) is 67.2 Å². The van der Waals surface area contributed by atoms with Crippen molar-refractivity contribution in [3.8, 4) is 0 Å². The third kappa shape index (κ3) is 2.08. The highest BCUT2D eigenvalue weighted by Crippen LogP contribution is 2.56. The molecule has 2 saturated carbocycles. The van der Waals surface area contributed by atoms with Gasteiger partial charge in [0.05, 0.1) is 12.1 Å². The molecule has 1 heterocycles. The largest absolute Gasteiger partial charge is 0.369 e. The smallest absolute Gasteiger partial charge is 0.230 e. The Balaban J connectivity index is 2.04. The molecule has 0 aromatic carbocycles. The van der Waals surface area contributed by atoms with Crippen molar-refractivity contribution in [3.63, 3.8) is 0 Å². The van der Waals surface area contributed by atoms with Crippen LogP contribution in [0.25, 0.3) is 0 Å². The van der Waals surface area contributed by atoms with Gasteiger partial charge in [-0.05, 0) is 25.7 Å². The second-order valence-corrected chi connectivity index (χ2v) is 9.72. The molecule has 6 heteroatoms. The fraction of sp³-hybridized carbons (Fsp3) is 0.889. The summed E-state index contributed by atoms with van der Waals surface area (Å²) in [7, 11) is 0. The first-order valence-corrected chi connectivity index (χ1v) is 8.87. The monoisotopic (exact) mass is 338 g/mol. The first-order valence-electron chi connectivity index (χ1n) is 8.87. The Morgan fingerprint density at radius 1 is 0.792 bits per heavy atom. The van der Waals surface area contributed by atoms with Gasteiger partial charge in [-0.2, -0.15) is 0 Å². The van der Waals surface area contributed by atoms with Gasteiger partial charge in [-0.3, -0.25) is 9.59 Å². The van der Waals surface area contributed by atoms with E-state index in [-0.39, 0.29) is 11.8 Å². The Bertz CT molecular complexity index is 539. The fourth-order valence-corrected chi connectivity index (χ4v) is 4.19. The van der Waals surface area contributed by atoms with E-state index in [1.54, 1.807) is 0 Å². The summed E-state index contributed by atoms with van der Waals surface area (Å²) in [5.41, 5.74) is -4.02. The van der Waals surface area contributed by atoms with Gasteiger partial charge in [0.2, 0.25) is 11.8 Å². The number of nitrogens with zero attached hydrogens (tertiary/aromatic N) is 2. The van der Waals surface area contributed by atoms with Crippen LogP contribution in [0.3, 0.4) is 0 Å². The van der Waals surface area contributed by atoms with Crippen LogP contribution in [0.15, 0.2) is 0 Å². The minimum absolute atomic E-state index is 0.166. The van der Waals surface area contributed by atoms with E-state index in [1.165, 1.54) is 9.80 Å². The van der Waals surface area contributed by atoms with Crippen molar-refractivity contribution in [1.82, 2.24) is 9.80 Å². The van der Waals surface area contributed by atoms with E-state index in [0.717, 1.165) is 0 Å². The predicted molar refractivity (Wildman–Crippen MR) is 88.5 cm³/mol. The molecule has 0 radical (unpaired) electrons. The van der Waals surface area contributed by atoms with Crippen LogP contribution in [0.5, 0.6) is 0 Å². The van der Waals surface area contributed by atoms with Crippen LogP contribution < -0.4 is 0 Å². The Morgan fingerprint density at radius 3 is 1.25 bits per heavy atom. The van der Waals surface area contributed by atoms with E-state index in [0.29, 0.717) is 25.7 Å². The number of rotatable bonds is 0. The van der Waals surface area contributed by atoms with Crippen molar-refractivity contribution < 1.29 is 19.8 Å². The number of aliphatic hydroxyl groups is 2. The van der Waals surface area contributed by atoms with E-state index in [4.69, 9.17) is 0 Å². The Kier molecular flexibility index (Phi) is 3.48. The Morgan fingerprint density at radius 2 is 1.08 bits per heavy atom. The van der Waals surface area contributed by atoms with Crippen LogP contribution in [-0.4, -0.2) is 55.4 Å². The molecule has 2 amide bonds. The van der Waals surface area contributed by atoms with Gasteiger partial charge in [-0.1, -0.05) is 41.5 Å². The first-order chi connectivity index (χ1) is 10.7. The summed E-state index contributed by atoms with van der Waals surface area (Å²) in [4.78, 5) is 28.9. The van der Waals surface area contributed by atoms with Gasteiger partial charge in [0.1, 0.15) is 0 Å². The molecule has 24 heavy (non-hydrogen) atoms. The minimum atomic E-state index is -1.36. The summed E-state index contributed by atoms with van der Waals surface area (Å²) < 4.78 is 0. The molecular weight excluding hydrogens is 308 g/mol. The zero-order valence-electron chi connectivity index (χ0n) is 15.6. The molecule has 1 aliphatic heterocycles. The molecule has 6 nitrogen and oxygen atoms in total. The maximum Gasteiger partial charge on any atom is 0.230 e. The molecule has 2 aliphatic carbocycles. The topological polar surface area (TPSA) is 81.1 Å². The number of carbonyl (C=O) groups excluding carboxylic acids is 2. The summed E-state index contributed by atoms with van der Waals surface area (Å²) >= 11 is 0. The van der Waals surface area contributed by atoms with Gasteiger partial charge >= 0.3 is 0 Å². The van der Waals surface area contributed by atoms with Gasteiger partial charge in [0.25, 0.3) is 0 Å². The Labute approximate surface area is 143 Å². The lowest BCUT2D eigenvalue weighted by molar-refractivity contribution is -0.347. The van der Waals surface area contributed by atoms with Gasteiger partial charge in [-0.25, -0.2) is 0 Å². The Hall–Kier alpha value is -1.14. The lowest BCUT2D eigenvalue weighted by atomic mass is 9.65. The van der Waals surface area contributed by atoms with E-state index in [1.807, 2.05) is 41.5 Å². The van der Waals surface area contributed by atoms with Crippen LogP contribution in [0.4, 0.5) is 0 Å².